The summed E-state index contributed by atoms with van der Waals surface area (Å²) in [6.07, 6.45) is 0.460. The monoisotopic (exact) mass is 480 g/mol. The summed E-state index contributed by atoms with van der Waals surface area (Å²) in [6.45, 7) is 2.19. The first-order valence-electron chi connectivity index (χ1n) is 12.2. The average Bonchev–Trinajstić information content (AvgIpc) is 3.18. The van der Waals surface area contributed by atoms with Crippen molar-refractivity contribution in [1.82, 2.24) is 10.2 Å². The molecule has 1 saturated heterocycles. The van der Waals surface area contributed by atoms with Crippen molar-refractivity contribution in [2.24, 2.45) is 5.92 Å². The fourth-order valence-electron chi connectivity index (χ4n) is 5.10. The van der Waals surface area contributed by atoms with E-state index < -0.39 is 36.0 Å². The highest BCUT2D eigenvalue weighted by Crippen LogP contribution is 2.44. The van der Waals surface area contributed by atoms with E-state index in [1.165, 1.54) is 4.90 Å². The second kappa shape index (κ2) is 10.9. The number of carboxylic acids is 1. The van der Waals surface area contributed by atoms with E-state index in [4.69, 9.17) is 4.74 Å². The van der Waals surface area contributed by atoms with E-state index in [1.807, 2.05) is 43.3 Å². The van der Waals surface area contributed by atoms with Gasteiger partial charge in [-0.2, -0.15) is 0 Å². The number of nitrogens with zero attached hydrogens (tertiary/aromatic N) is 1. The van der Waals surface area contributed by atoms with Crippen LogP contribution in [0.25, 0.3) is 11.1 Å². The lowest BCUT2D eigenvalue weighted by Crippen LogP contribution is -2.55. The van der Waals surface area contributed by atoms with E-state index in [1.54, 1.807) is 0 Å². The molecule has 1 fully saturated rings. The number of aliphatic carboxylic acids is 1. The van der Waals surface area contributed by atoms with Gasteiger partial charge in [-0.25, -0.2) is 4.79 Å². The smallest absolute Gasteiger partial charge is 0.407 e. The van der Waals surface area contributed by atoms with Crippen LogP contribution in [0.4, 0.5) is 4.79 Å². The minimum Gasteiger partial charge on any atom is -0.481 e. The Morgan fingerprint density at radius 2 is 1.69 bits per heavy atom. The molecule has 0 spiro atoms. The van der Waals surface area contributed by atoms with Gasteiger partial charge < -0.3 is 25.2 Å². The standard InChI is InChI=1S/C27H32N2O6/c1-2-3-12-24(25(31)29-14-17(26(32)33)13-18(30)15-29)28-27(34)35-16-23-21-10-6-4-8-19(21)20-9-5-7-11-22(20)23/h4-11,17-18,23-24,30H,2-3,12-16H2,1H3,(H,28,34)(H,32,33). The van der Waals surface area contributed by atoms with Crippen molar-refractivity contribution in [3.05, 3.63) is 59.7 Å². The van der Waals surface area contributed by atoms with Crippen LogP contribution in [0.3, 0.4) is 0 Å². The van der Waals surface area contributed by atoms with Gasteiger partial charge in [-0.1, -0.05) is 68.3 Å². The van der Waals surface area contributed by atoms with Crippen LogP contribution in [-0.2, 0) is 14.3 Å². The Labute approximate surface area is 204 Å². The molecule has 1 aliphatic heterocycles. The van der Waals surface area contributed by atoms with Gasteiger partial charge in [0.05, 0.1) is 12.0 Å². The molecular formula is C27H32N2O6. The third-order valence-corrected chi connectivity index (χ3v) is 6.87. The molecule has 2 aromatic carbocycles. The molecule has 4 rings (SSSR count). The lowest BCUT2D eigenvalue weighted by Gasteiger charge is -2.36. The average molecular weight is 481 g/mol. The van der Waals surface area contributed by atoms with E-state index in [2.05, 4.69) is 17.4 Å². The van der Waals surface area contributed by atoms with E-state index in [-0.39, 0.29) is 32.0 Å². The number of alkyl carbamates (subject to hydrolysis) is 1. The molecule has 2 amide bonds. The molecule has 0 bridgehead atoms. The van der Waals surface area contributed by atoms with Gasteiger partial charge in [0.1, 0.15) is 12.6 Å². The fraction of sp³-hybridized carbons (Fsp3) is 0.444. The van der Waals surface area contributed by atoms with Gasteiger partial charge >= 0.3 is 12.1 Å². The van der Waals surface area contributed by atoms with Crippen LogP contribution < -0.4 is 5.32 Å². The van der Waals surface area contributed by atoms with Crippen molar-refractivity contribution in [2.45, 2.75) is 50.7 Å². The molecule has 3 N–H and O–H groups in total. The SMILES string of the molecule is CCCCC(NC(=O)OCC1c2ccccc2-c2ccccc21)C(=O)N1CC(O)CC(C(=O)O)C1. The zero-order valence-corrected chi connectivity index (χ0v) is 19.9. The van der Waals surface area contributed by atoms with Gasteiger partial charge in [-0.15, -0.1) is 0 Å². The first-order valence-corrected chi connectivity index (χ1v) is 12.2. The number of β-amino-alcohol motifs (C(OH)–C–C–N with tert-alkyl or cyclic N) is 1. The van der Waals surface area contributed by atoms with Crippen molar-refractivity contribution in [1.29, 1.82) is 0 Å². The van der Waals surface area contributed by atoms with E-state index in [9.17, 15) is 24.6 Å². The van der Waals surface area contributed by atoms with Gasteiger partial charge in [0.25, 0.3) is 0 Å². The minimum atomic E-state index is -1.05. The van der Waals surface area contributed by atoms with Crippen molar-refractivity contribution in [2.75, 3.05) is 19.7 Å². The number of unbranched alkanes of at least 4 members (excludes halogenated alkanes) is 1. The number of nitrogens with one attached hydrogen (secondary N) is 1. The summed E-state index contributed by atoms with van der Waals surface area (Å²) >= 11 is 0. The number of rotatable bonds is 8. The second-order valence-electron chi connectivity index (χ2n) is 9.33. The number of likely N-dealkylation sites (tertiary alicyclic amines) is 1. The summed E-state index contributed by atoms with van der Waals surface area (Å²) in [5.41, 5.74) is 4.46. The largest absolute Gasteiger partial charge is 0.481 e. The lowest BCUT2D eigenvalue weighted by atomic mass is 9.95. The normalized spacial score (nSPS) is 20.0. The van der Waals surface area contributed by atoms with Gasteiger partial charge in [-0.3, -0.25) is 9.59 Å². The third-order valence-electron chi connectivity index (χ3n) is 6.87. The second-order valence-corrected chi connectivity index (χ2v) is 9.33. The minimum absolute atomic E-state index is 0.0141. The molecule has 0 radical (unpaired) electrons. The molecule has 8 heteroatoms. The van der Waals surface area contributed by atoms with E-state index in [0.29, 0.717) is 12.8 Å². The number of carbonyl (C=O) groups excluding carboxylic acids is 2. The highest BCUT2D eigenvalue weighted by atomic mass is 16.5. The molecule has 2 aromatic rings. The molecule has 0 saturated carbocycles. The van der Waals surface area contributed by atoms with Gasteiger partial charge in [0, 0.05) is 19.0 Å². The Hall–Kier alpha value is -3.39. The first-order chi connectivity index (χ1) is 16.9. The molecule has 186 valence electrons. The van der Waals surface area contributed by atoms with Crippen LogP contribution in [0.5, 0.6) is 0 Å². The number of aliphatic hydroxyl groups is 1. The maximum atomic E-state index is 13.2. The molecule has 2 aliphatic rings. The van der Waals surface area contributed by atoms with Crippen LogP contribution in [0.1, 0.15) is 49.7 Å². The zero-order chi connectivity index (χ0) is 24.9. The molecule has 3 unspecified atom stereocenters. The van der Waals surface area contributed by atoms with Crippen molar-refractivity contribution < 1.29 is 29.3 Å². The Kier molecular flexibility index (Phi) is 7.70. The number of fused-ring (bicyclic) bond motifs is 3. The van der Waals surface area contributed by atoms with Gasteiger partial charge in [0.2, 0.25) is 5.91 Å². The van der Waals surface area contributed by atoms with Crippen LogP contribution in [-0.4, -0.2) is 64.9 Å². The topological polar surface area (TPSA) is 116 Å². The van der Waals surface area contributed by atoms with E-state index >= 15 is 0 Å². The Balaban J connectivity index is 1.42. The number of benzene rings is 2. The molecule has 1 aliphatic carbocycles. The number of amides is 2. The maximum Gasteiger partial charge on any atom is 0.407 e. The first kappa shape index (κ1) is 24.7. The number of carboxylic acid groups (broad SMARTS) is 1. The maximum absolute atomic E-state index is 13.2. The third kappa shape index (κ3) is 5.48. The number of ether oxygens (including phenoxy) is 1. The summed E-state index contributed by atoms with van der Waals surface area (Å²) < 4.78 is 5.60. The number of hydrogen-bond donors (Lipinski definition) is 3. The van der Waals surface area contributed by atoms with Crippen LogP contribution in [0.15, 0.2) is 48.5 Å². The summed E-state index contributed by atoms with van der Waals surface area (Å²) in [7, 11) is 0. The van der Waals surface area contributed by atoms with Crippen LogP contribution >= 0.6 is 0 Å². The predicted octanol–water partition coefficient (Wildman–Crippen LogP) is 3.38. The number of aliphatic hydroxyl groups excluding tert-OH is 1. The molecule has 1 heterocycles. The Bertz CT molecular complexity index is 1040. The number of piperidine rings is 1. The van der Waals surface area contributed by atoms with Gasteiger partial charge in [0.15, 0.2) is 0 Å². The molecular weight excluding hydrogens is 448 g/mol. The molecule has 8 nitrogen and oxygen atoms in total. The fourth-order valence-corrected chi connectivity index (χ4v) is 5.10. The zero-order valence-electron chi connectivity index (χ0n) is 19.9. The summed E-state index contributed by atoms with van der Waals surface area (Å²) in [5, 5.41) is 22.1. The van der Waals surface area contributed by atoms with Gasteiger partial charge in [-0.05, 0) is 35.1 Å². The molecule has 0 aromatic heterocycles. The van der Waals surface area contributed by atoms with Crippen LogP contribution in [0, 0.1) is 5.92 Å². The number of carbonyl (C=O) groups is 3. The summed E-state index contributed by atoms with van der Waals surface area (Å²) in [4.78, 5) is 38.7. The molecule has 35 heavy (non-hydrogen) atoms. The summed E-state index contributed by atoms with van der Waals surface area (Å²) in [6, 6.07) is 15.3. The van der Waals surface area contributed by atoms with Crippen LogP contribution in [0.2, 0.25) is 0 Å². The quantitative estimate of drug-likeness (QED) is 0.533. The Morgan fingerprint density at radius 1 is 1.06 bits per heavy atom. The Morgan fingerprint density at radius 3 is 2.29 bits per heavy atom. The predicted molar refractivity (Wildman–Crippen MR) is 130 cm³/mol. The highest BCUT2D eigenvalue weighted by molar-refractivity contribution is 5.86. The van der Waals surface area contributed by atoms with E-state index in [0.717, 1.165) is 28.7 Å². The number of hydrogen-bond acceptors (Lipinski definition) is 5. The van der Waals surface area contributed by atoms with Crippen molar-refractivity contribution in [3.8, 4) is 11.1 Å². The van der Waals surface area contributed by atoms with Crippen molar-refractivity contribution in [3.63, 3.8) is 0 Å². The van der Waals surface area contributed by atoms with Crippen molar-refractivity contribution >= 4 is 18.0 Å². The highest BCUT2D eigenvalue weighted by Gasteiger charge is 2.36. The lowest BCUT2D eigenvalue weighted by molar-refractivity contribution is -0.149. The molecule has 3 atom stereocenters. The summed E-state index contributed by atoms with van der Waals surface area (Å²) in [5.74, 6) is -2.36.